The second kappa shape index (κ2) is 5.80. The van der Waals surface area contributed by atoms with Gasteiger partial charge in [0.05, 0.1) is 0 Å². The zero-order valence-electron chi connectivity index (χ0n) is 12.2. The van der Waals surface area contributed by atoms with Gasteiger partial charge in [0.1, 0.15) is 10.0 Å². The largest absolute Gasteiger partial charge is 0.308 e. The molecule has 102 valence electrons. The Labute approximate surface area is 119 Å². The summed E-state index contributed by atoms with van der Waals surface area (Å²) in [5.74, 6) is 0. The van der Waals surface area contributed by atoms with Crippen LogP contribution >= 0.6 is 11.3 Å². The van der Waals surface area contributed by atoms with E-state index in [0.29, 0.717) is 6.04 Å². The van der Waals surface area contributed by atoms with Crippen molar-refractivity contribution in [2.75, 3.05) is 0 Å². The molecule has 0 saturated carbocycles. The summed E-state index contributed by atoms with van der Waals surface area (Å²) in [5, 5.41) is 14.1. The fourth-order valence-corrected chi connectivity index (χ4v) is 3.20. The standard InChI is InChI=1S/C15H21N3S/c1-9(2)16-8-13-17-18-15(19-13)14-11(4)6-10(3)7-12(14)5/h6-7,9,16H,8H2,1-5H3. The summed E-state index contributed by atoms with van der Waals surface area (Å²) in [4.78, 5) is 0. The average Bonchev–Trinajstić information content (AvgIpc) is 2.73. The molecule has 0 spiro atoms. The second-order valence-electron chi connectivity index (χ2n) is 5.31. The molecule has 0 unspecified atom stereocenters. The smallest absolute Gasteiger partial charge is 0.148 e. The van der Waals surface area contributed by atoms with Gasteiger partial charge in [0.2, 0.25) is 0 Å². The minimum absolute atomic E-state index is 0.468. The maximum atomic E-state index is 4.34. The predicted molar refractivity (Wildman–Crippen MR) is 81.5 cm³/mol. The SMILES string of the molecule is Cc1cc(C)c(-c2nnc(CNC(C)C)s2)c(C)c1. The molecule has 0 saturated heterocycles. The van der Waals surface area contributed by atoms with Crippen LogP contribution in [0.5, 0.6) is 0 Å². The number of aromatic nitrogens is 2. The topological polar surface area (TPSA) is 37.8 Å². The molecule has 2 rings (SSSR count). The maximum absolute atomic E-state index is 4.34. The number of hydrogen-bond acceptors (Lipinski definition) is 4. The lowest BCUT2D eigenvalue weighted by molar-refractivity contribution is 0.585. The van der Waals surface area contributed by atoms with Crippen molar-refractivity contribution >= 4 is 11.3 Å². The normalized spacial score (nSPS) is 11.3. The van der Waals surface area contributed by atoms with Crippen LogP contribution in [0.15, 0.2) is 12.1 Å². The van der Waals surface area contributed by atoms with Crippen LogP contribution in [0.2, 0.25) is 0 Å². The van der Waals surface area contributed by atoms with Crippen LogP contribution in [0, 0.1) is 20.8 Å². The summed E-state index contributed by atoms with van der Waals surface area (Å²) in [6.07, 6.45) is 0. The Hall–Kier alpha value is -1.26. The van der Waals surface area contributed by atoms with Crippen molar-refractivity contribution < 1.29 is 0 Å². The summed E-state index contributed by atoms with van der Waals surface area (Å²) in [6, 6.07) is 4.88. The molecule has 0 aliphatic heterocycles. The van der Waals surface area contributed by atoms with Crippen LogP contribution in [-0.4, -0.2) is 16.2 Å². The molecule has 0 amide bonds. The van der Waals surface area contributed by atoms with Crippen LogP contribution in [0.3, 0.4) is 0 Å². The first-order valence-electron chi connectivity index (χ1n) is 6.61. The monoisotopic (exact) mass is 275 g/mol. The van der Waals surface area contributed by atoms with E-state index < -0.39 is 0 Å². The molecule has 0 atom stereocenters. The van der Waals surface area contributed by atoms with Gasteiger partial charge in [0, 0.05) is 18.2 Å². The molecule has 19 heavy (non-hydrogen) atoms. The van der Waals surface area contributed by atoms with Gasteiger partial charge in [-0.3, -0.25) is 0 Å². The lowest BCUT2D eigenvalue weighted by atomic mass is 10.0. The van der Waals surface area contributed by atoms with E-state index in [2.05, 4.69) is 62.3 Å². The molecule has 1 heterocycles. The van der Waals surface area contributed by atoms with E-state index in [1.54, 1.807) is 11.3 Å². The van der Waals surface area contributed by atoms with Crippen LogP contribution < -0.4 is 5.32 Å². The molecular formula is C15H21N3S. The van der Waals surface area contributed by atoms with Gasteiger partial charge in [-0.1, -0.05) is 42.9 Å². The van der Waals surface area contributed by atoms with Crippen molar-refractivity contribution in [3.05, 3.63) is 33.8 Å². The van der Waals surface area contributed by atoms with Crippen molar-refractivity contribution in [2.24, 2.45) is 0 Å². The van der Waals surface area contributed by atoms with E-state index in [4.69, 9.17) is 0 Å². The van der Waals surface area contributed by atoms with E-state index in [1.807, 2.05) is 0 Å². The first kappa shape index (κ1) is 14.2. The number of hydrogen-bond donors (Lipinski definition) is 1. The Kier molecular flexibility index (Phi) is 4.32. The van der Waals surface area contributed by atoms with Gasteiger partial charge >= 0.3 is 0 Å². The van der Waals surface area contributed by atoms with Gasteiger partial charge in [-0.2, -0.15) is 0 Å². The van der Waals surface area contributed by atoms with Gasteiger partial charge < -0.3 is 5.32 Å². The van der Waals surface area contributed by atoms with Gasteiger partial charge in [0.15, 0.2) is 0 Å². The van der Waals surface area contributed by atoms with E-state index >= 15 is 0 Å². The minimum Gasteiger partial charge on any atom is -0.308 e. The fraction of sp³-hybridized carbons (Fsp3) is 0.467. The number of benzene rings is 1. The van der Waals surface area contributed by atoms with Crippen molar-refractivity contribution in [3.63, 3.8) is 0 Å². The van der Waals surface area contributed by atoms with Gasteiger partial charge in [-0.05, 0) is 31.9 Å². The van der Waals surface area contributed by atoms with Crippen LogP contribution in [-0.2, 0) is 6.54 Å². The third-order valence-electron chi connectivity index (χ3n) is 3.02. The average molecular weight is 275 g/mol. The van der Waals surface area contributed by atoms with Gasteiger partial charge in [0.25, 0.3) is 0 Å². The summed E-state index contributed by atoms with van der Waals surface area (Å²) in [6.45, 7) is 11.5. The molecule has 2 aromatic rings. The van der Waals surface area contributed by atoms with Gasteiger partial charge in [-0.15, -0.1) is 10.2 Å². The summed E-state index contributed by atoms with van der Waals surface area (Å²) in [5.41, 5.74) is 5.08. The fourth-order valence-electron chi connectivity index (χ4n) is 2.23. The third-order valence-corrected chi connectivity index (χ3v) is 3.96. The molecular weight excluding hydrogens is 254 g/mol. The lowest BCUT2D eigenvalue weighted by Crippen LogP contribution is -2.21. The Morgan fingerprint density at radius 1 is 1.11 bits per heavy atom. The Morgan fingerprint density at radius 3 is 2.32 bits per heavy atom. The molecule has 1 N–H and O–H groups in total. The molecule has 0 fully saturated rings. The molecule has 4 heteroatoms. The van der Waals surface area contributed by atoms with Crippen LogP contribution in [0.4, 0.5) is 0 Å². The Morgan fingerprint density at radius 2 is 1.74 bits per heavy atom. The minimum atomic E-state index is 0.468. The molecule has 1 aromatic heterocycles. The predicted octanol–water partition coefficient (Wildman–Crippen LogP) is 3.63. The number of rotatable bonds is 4. The Bertz CT molecular complexity index is 550. The lowest BCUT2D eigenvalue weighted by Gasteiger charge is -2.07. The zero-order valence-corrected chi connectivity index (χ0v) is 13.1. The molecule has 1 aromatic carbocycles. The van der Waals surface area contributed by atoms with Crippen molar-refractivity contribution in [1.29, 1.82) is 0 Å². The summed E-state index contributed by atoms with van der Waals surface area (Å²) in [7, 11) is 0. The summed E-state index contributed by atoms with van der Waals surface area (Å²) < 4.78 is 0. The van der Waals surface area contributed by atoms with E-state index in [0.717, 1.165) is 16.6 Å². The molecule has 0 radical (unpaired) electrons. The maximum Gasteiger partial charge on any atom is 0.148 e. The van der Waals surface area contributed by atoms with E-state index in [1.165, 1.54) is 22.3 Å². The highest BCUT2D eigenvalue weighted by atomic mass is 32.1. The van der Waals surface area contributed by atoms with E-state index in [9.17, 15) is 0 Å². The molecule has 0 bridgehead atoms. The first-order valence-corrected chi connectivity index (χ1v) is 7.43. The van der Waals surface area contributed by atoms with Crippen molar-refractivity contribution in [2.45, 2.75) is 47.2 Å². The van der Waals surface area contributed by atoms with Crippen LogP contribution in [0.25, 0.3) is 10.6 Å². The summed E-state index contributed by atoms with van der Waals surface area (Å²) >= 11 is 1.68. The second-order valence-corrected chi connectivity index (χ2v) is 6.37. The van der Waals surface area contributed by atoms with Crippen molar-refractivity contribution in [3.8, 4) is 10.6 Å². The number of nitrogens with zero attached hydrogens (tertiary/aromatic N) is 2. The number of nitrogens with one attached hydrogen (secondary N) is 1. The quantitative estimate of drug-likeness (QED) is 0.926. The highest BCUT2D eigenvalue weighted by molar-refractivity contribution is 7.14. The molecule has 3 nitrogen and oxygen atoms in total. The highest BCUT2D eigenvalue weighted by Gasteiger charge is 2.12. The van der Waals surface area contributed by atoms with Crippen molar-refractivity contribution in [1.82, 2.24) is 15.5 Å². The first-order chi connectivity index (χ1) is 8.97. The van der Waals surface area contributed by atoms with E-state index in [-0.39, 0.29) is 0 Å². The van der Waals surface area contributed by atoms with Gasteiger partial charge in [-0.25, -0.2) is 0 Å². The van der Waals surface area contributed by atoms with Crippen LogP contribution in [0.1, 0.15) is 35.5 Å². The number of aryl methyl sites for hydroxylation is 3. The zero-order chi connectivity index (χ0) is 14.0. The molecule has 0 aliphatic rings. The highest BCUT2D eigenvalue weighted by Crippen LogP contribution is 2.30. The molecule has 0 aliphatic carbocycles. The Balaban J connectivity index is 2.28. The third kappa shape index (κ3) is 3.39.